The van der Waals surface area contributed by atoms with Crippen LogP contribution in [0.4, 0.5) is 0 Å². The van der Waals surface area contributed by atoms with Gasteiger partial charge in [0, 0.05) is 13.2 Å². The number of aliphatic carboxylic acids is 1. The number of hydrogen-bond acceptors (Lipinski definition) is 3. The Balaban J connectivity index is 3.60. The fourth-order valence-corrected chi connectivity index (χ4v) is 1.02. The van der Waals surface area contributed by atoms with Crippen molar-refractivity contribution in [3.05, 3.63) is 0 Å². The molecule has 88 valence electrons. The first-order valence-corrected chi connectivity index (χ1v) is 5.10. The van der Waals surface area contributed by atoms with Gasteiger partial charge < -0.3 is 15.5 Å². The van der Waals surface area contributed by atoms with E-state index in [1.165, 1.54) is 6.92 Å². The molecule has 0 fully saturated rings. The Kier molecular flexibility index (Phi) is 6.70. The third kappa shape index (κ3) is 6.06. The molecule has 0 rings (SSSR count). The van der Waals surface area contributed by atoms with Crippen LogP contribution in [0, 0.1) is 11.8 Å². The summed E-state index contributed by atoms with van der Waals surface area (Å²) >= 11 is 0. The number of aliphatic hydroxyl groups is 1. The predicted molar refractivity (Wildman–Crippen MR) is 55.3 cm³/mol. The Morgan fingerprint density at radius 1 is 1.33 bits per heavy atom. The molecule has 0 aliphatic heterocycles. The average Bonchev–Trinajstić information content (AvgIpc) is 2.22. The van der Waals surface area contributed by atoms with E-state index >= 15 is 0 Å². The van der Waals surface area contributed by atoms with Crippen molar-refractivity contribution >= 4 is 11.9 Å². The van der Waals surface area contributed by atoms with Crippen molar-refractivity contribution in [2.45, 2.75) is 26.7 Å². The molecule has 0 aliphatic rings. The second-order valence-corrected chi connectivity index (χ2v) is 3.78. The quantitative estimate of drug-likeness (QED) is 0.421. The van der Waals surface area contributed by atoms with Crippen molar-refractivity contribution in [3.63, 3.8) is 0 Å². The van der Waals surface area contributed by atoms with Gasteiger partial charge in [0.05, 0.1) is 0 Å². The minimum atomic E-state index is -1.11. The molecule has 0 aromatic carbocycles. The Morgan fingerprint density at radius 2 is 1.93 bits per heavy atom. The number of carboxylic acids is 1. The summed E-state index contributed by atoms with van der Waals surface area (Å²) in [4.78, 5) is 21.6. The standard InChI is InChI=1S/C10H19NO4/c1-7(6-12)4-3-5-11-9(13)8(2)10(14)15/h7-8,12H,3-6H2,1-2H3,(H,11,13)(H,14,15). The van der Waals surface area contributed by atoms with Crippen LogP contribution in [-0.2, 0) is 9.59 Å². The smallest absolute Gasteiger partial charge is 0.315 e. The minimum absolute atomic E-state index is 0.138. The van der Waals surface area contributed by atoms with E-state index in [9.17, 15) is 9.59 Å². The lowest BCUT2D eigenvalue weighted by atomic mass is 10.1. The first-order chi connectivity index (χ1) is 6.99. The summed E-state index contributed by atoms with van der Waals surface area (Å²) in [7, 11) is 0. The van der Waals surface area contributed by atoms with E-state index in [0.29, 0.717) is 6.54 Å². The maximum Gasteiger partial charge on any atom is 0.315 e. The van der Waals surface area contributed by atoms with Gasteiger partial charge in [-0.15, -0.1) is 0 Å². The number of nitrogens with one attached hydrogen (secondary N) is 1. The van der Waals surface area contributed by atoms with Gasteiger partial charge >= 0.3 is 5.97 Å². The zero-order valence-corrected chi connectivity index (χ0v) is 9.19. The Labute approximate surface area is 89.5 Å². The number of rotatable bonds is 7. The molecule has 0 saturated carbocycles. The minimum Gasteiger partial charge on any atom is -0.481 e. The zero-order chi connectivity index (χ0) is 11.8. The van der Waals surface area contributed by atoms with E-state index in [0.717, 1.165) is 12.8 Å². The lowest BCUT2D eigenvalue weighted by molar-refractivity contribution is -0.146. The van der Waals surface area contributed by atoms with Crippen LogP contribution in [0.3, 0.4) is 0 Å². The third-order valence-corrected chi connectivity index (χ3v) is 2.25. The fraction of sp³-hybridized carbons (Fsp3) is 0.800. The first-order valence-electron chi connectivity index (χ1n) is 5.10. The molecule has 0 saturated heterocycles. The maximum absolute atomic E-state index is 11.2. The third-order valence-electron chi connectivity index (χ3n) is 2.25. The molecule has 3 N–H and O–H groups in total. The molecule has 0 bridgehead atoms. The zero-order valence-electron chi connectivity index (χ0n) is 9.19. The molecular formula is C10H19NO4. The molecule has 0 aliphatic carbocycles. The van der Waals surface area contributed by atoms with E-state index in [-0.39, 0.29) is 12.5 Å². The van der Waals surface area contributed by atoms with Crippen LogP contribution in [0.15, 0.2) is 0 Å². The summed E-state index contributed by atoms with van der Waals surface area (Å²) in [5.74, 6) is -2.35. The molecule has 0 aromatic rings. The van der Waals surface area contributed by atoms with E-state index in [4.69, 9.17) is 10.2 Å². The molecule has 0 aromatic heterocycles. The number of aliphatic hydroxyl groups excluding tert-OH is 1. The van der Waals surface area contributed by atoms with Gasteiger partial charge in [0.25, 0.3) is 0 Å². The molecule has 0 heterocycles. The molecule has 15 heavy (non-hydrogen) atoms. The molecular weight excluding hydrogens is 198 g/mol. The van der Waals surface area contributed by atoms with Crippen molar-refractivity contribution < 1.29 is 19.8 Å². The van der Waals surface area contributed by atoms with Crippen LogP contribution < -0.4 is 5.32 Å². The lowest BCUT2D eigenvalue weighted by Crippen LogP contribution is -2.34. The SMILES string of the molecule is CC(CO)CCCNC(=O)C(C)C(=O)O. The number of amides is 1. The average molecular weight is 217 g/mol. The molecule has 5 nitrogen and oxygen atoms in total. The topological polar surface area (TPSA) is 86.6 Å². The lowest BCUT2D eigenvalue weighted by Gasteiger charge is -2.10. The van der Waals surface area contributed by atoms with E-state index in [2.05, 4.69) is 5.32 Å². The highest BCUT2D eigenvalue weighted by molar-refractivity contribution is 5.96. The second-order valence-electron chi connectivity index (χ2n) is 3.78. The summed E-state index contributed by atoms with van der Waals surface area (Å²) in [5, 5.41) is 19.8. The summed E-state index contributed by atoms with van der Waals surface area (Å²) in [6.07, 6.45) is 1.57. The molecule has 5 heteroatoms. The second kappa shape index (κ2) is 7.23. The van der Waals surface area contributed by atoms with Gasteiger partial charge in [-0.1, -0.05) is 6.92 Å². The van der Waals surface area contributed by atoms with Crippen LogP contribution in [0.5, 0.6) is 0 Å². The summed E-state index contributed by atoms with van der Waals surface area (Å²) in [5.41, 5.74) is 0. The number of carbonyl (C=O) groups excluding carboxylic acids is 1. The monoisotopic (exact) mass is 217 g/mol. The summed E-state index contributed by atoms with van der Waals surface area (Å²) in [6, 6.07) is 0. The number of carbonyl (C=O) groups is 2. The van der Waals surface area contributed by atoms with Crippen LogP contribution in [-0.4, -0.2) is 35.2 Å². The number of carboxylic acid groups (broad SMARTS) is 1. The van der Waals surface area contributed by atoms with Gasteiger partial charge in [0.15, 0.2) is 0 Å². The molecule has 0 spiro atoms. The van der Waals surface area contributed by atoms with E-state index in [1.807, 2.05) is 6.92 Å². The van der Waals surface area contributed by atoms with Crippen LogP contribution in [0.1, 0.15) is 26.7 Å². The normalized spacial score (nSPS) is 14.3. The predicted octanol–water partition coefficient (Wildman–Crippen LogP) is 0.232. The highest BCUT2D eigenvalue weighted by atomic mass is 16.4. The number of hydrogen-bond donors (Lipinski definition) is 3. The van der Waals surface area contributed by atoms with Crippen molar-refractivity contribution in [2.75, 3.05) is 13.2 Å². The highest BCUT2D eigenvalue weighted by Crippen LogP contribution is 2.03. The van der Waals surface area contributed by atoms with Gasteiger partial charge in [0.2, 0.25) is 5.91 Å². The Morgan fingerprint density at radius 3 is 2.40 bits per heavy atom. The van der Waals surface area contributed by atoms with Crippen molar-refractivity contribution in [1.82, 2.24) is 5.32 Å². The van der Waals surface area contributed by atoms with Gasteiger partial charge in [0.1, 0.15) is 5.92 Å². The fourth-order valence-electron chi connectivity index (χ4n) is 1.02. The van der Waals surface area contributed by atoms with Crippen LogP contribution in [0.25, 0.3) is 0 Å². The largest absolute Gasteiger partial charge is 0.481 e. The summed E-state index contributed by atoms with van der Waals surface area (Å²) in [6.45, 7) is 3.87. The van der Waals surface area contributed by atoms with E-state index in [1.54, 1.807) is 0 Å². The molecule has 0 radical (unpaired) electrons. The van der Waals surface area contributed by atoms with E-state index < -0.39 is 17.8 Å². The van der Waals surface area contributed by atoms with Crippen LogP contribution in [0.2, 0.25) is 0 Å². The summed E-state index contributed by atoms with van der Waals surface area (Å²) < 4.78 is 0. The van der Waals surface area contributed by atoms with Gasteiger partial charge in [-0.3, -0.25) is 9.59 Å². The van der Waals surface area contributed by atoms with Crippen molar-refractivity contribution in [3.8, 4) is 0 Å². The highest BCUT2D eigenvalue weighted by Gasteiger charge is 2.19. The molecule has 2 unspecified atom stereocenters. The van der Waals surface area contributed by atoms with Crippen molar-refractivity contribution in [2.24, 2.45) is 11.8 Å². The maximum atomic E-state index is 11.2. The van der Waals surface area contributed by atoms with Gasteiger partial charge in [-0.25, -0.2) is 0 Å². The van der Waals surface area contributed by atoms with Gasteiger partial charge in [-0.05, 0) is 25.7 Å². The Bertz CT molecular complexity index is 217. The Hall–Kier alpha value is -1.10. The molecule has 1 amide bonds. The first kappa shape index (κ1) is 13.9. The van der Waals surface area contributed by atoms with Crippen molar-refractivity contribution in [1.29, 1.82) is 0 Å². The van der Waals surface area contributed by atoms with Gasteiger partial charge in [-0.2, -0.15) is 0 Å². The van der Waals surface area contributed by atoms with Crippen LogP contribution >= 0.6 is 0 Å². The molecule has 2 atom stereocenters.